The summed E-state index contributed by atoms with van der Waals surface area (Å²) < 4.78 is 18.1. The molecule has 0 spiro atoms. The minimum Gasteiger partial charge on any atom is -0.497 e. The first-order valence-corrected chi connectivity index (χ1v) is 7.75. The lowest BCUT2D eigenvalue weighted by atomic mass is 10.1. The molecule has 1 fully saturated rings. The fraction of sp³-hybridized carbons (Fsp3) is 0.105. The third kappa shape index (κ3) is 3.61. The maximum absolute atomic E-state index is 13.0. The van der Waals surface area contributed by atoms with Crippen LogP contribution in [0.25, 0.3) is 6.08 Å². The molecule has 1 N–H and O–H groups in total. The Hall–Kier alpha value is -3.48. The van der Waals surface area contributed by atoms with Gasteiger partial charge in [0.25, 0.3) is 11.8 Å². The second-order valence-electron chi connectivity index (χ2n) is 5.61. The summed E-state index contributed by atoms with van der Waals surface area (Å²) in [4.78, 5) is 37.7. The topological polar surface area (TPSA) is 75.7 Å². The number of halogens is 1. The van der Waals surface area contributed by atoms with Crippen LogP contribution in [0.5, 0.6) is 5.75 Å². The average Bonchev–Trinajstić information content (AvgIpc) is 2.64. The van der Waals surface area contributed by atoms with E-state index >= 15 is 0 Å². The SMILES string of the molecule is COc1ccc(CN2C(=O)NC(=O)C(=Cc3ccc(F)cc3)C2=O)cc1. The molecule has 1 aliphatic heterocycles. The summed E-state index contributed by atoms with van der Waals surface area (Å²) in [5, 5.41) is 2.14. The number of imide groups is 2. The molecular weight excluding hydrogens is 339 g/mol. The predicted molar refractivity (Wildman–Crippen MR) is 91.5 cm³/mol. The van der Waals surface area contributed by atoms with Crippen LogP contribution in [0.15, 0.2) is 54.1 Å². The normalized spacial score (nSPS) is 16.0. The van der Waals surface area contributed by atoms with Gasteiger partial charge in [0.1, 0.15) is 17.1 Å². The lowest BCUT2D eigenvalue weighted by Gasteiger charge is -2.26. The number of hydrogen-bond donors (Lipinski definition) is 1. The molecule has 0 atom stereocenters. The molecule has 0 unspecified atom stereocenters. The van der Waals surface area contributed by atoms with Crippen LogP contribution in [-0.4, -0.2) is 29.9 Å². The van der Waals surface area contributed by atoms with E-state index < -0.39 is 23.7 Å². The molecule has 0 bridgehead atoms. The van der Waals surface area contributed by atoms with E-state index in [2.05, 4.69) is 5.32 Å². The molecule has 1 aliphatic rings. The molecule has 2 aromatic carbocycles. The predicted octanol–water partition coefficient (Wildman–Crippen LogP) is 2.50. The van der Waals surface area contributed by atoms with Gasteiger partial charge in [-0.05, 0) is 41.5 Å². The zero-order valence-corrected chi connectivity index (χ0v) is 13.9. The largest absolute Gasteiger partial charge is 0.497 e. The van der Waals surface area contributed by atoms with Gasteiger partial charge in [-0.15, -0.1) is 0 Å². The standard InChI is InChI=1S/C19H15FN2O4/c1-26-15-8-4-13(5-9-15)11-22-18(24)16(17(23)21-19(22)25)10-12-2-6-14(20)7-3-12/h2-10H,11H2,1H3,(H,21,23,25). The van der Waals surface area contributed by atoms with E-state index in [0.29, 0.717) is 16.9 Å². The Bertz CT molecular complexity index is 889. The highest BCUT2D eigenvalue weighted by Gasteiger charge is 2.35. The Kier molecular flexibility index (Phi) is 4.79. The lowest BCUT2D eigenvalue weighted by Crippen LogP contribution is -2.53. The maximum atomic E-state index is 13.0. The molecule has 7 heteroatoms. The van der Waals surface area contributed by atoms with Crippen molar-refractivity contribution in [3.8, 4) is 5.75 Å². The van der Waals surface area contributed by atoms with Crippen LogP contribution >= 0.6 is 0 Å². The number of carbonyl (C=O) groups is 3. The molecule has 26 heavy (non-hydrogen) atoms. The molecule has 132 valence electrons. The van der Waals surface area contributed by atoms with Gasteiger partial charge in [0.05, 0.1) is 13.7 Å². The van der Waals surface area contributed by atoms with Crippen molar-refractivity contribution in [3.63, 3.8) is 0 Å². The van der Waals surface area contributed by atoms with Gasteiger partial charge in [-0.3, -0.25) is 19.8 Å². The average molecular weight is 354 g/mol. The zero-order chi connectivity index (χ0) is 18.7. The molecule has 2 aromatic rings. The van der Waals surface area contributed by atoms with Crippen molar-refractivity contribution >= 4 is 23.9 Å². The van der Waals surface area contributed by atoms with Gasteiger partial charge in [-0.2, -0.15) is 0 Å². The fourth-order valence-electron chi connectivity index (χ4n) is 2.48. The van der Waals surface area contributed by atoms with Crippen molar-refractivity contribution in [1.29, 1.82) is 0 Å². The third-order valence-corrected chi connectivity index (χ3v) is 3.87. The Morgan fingerprint density at radius 2 is 1.69 bits per heavy atom. The molecular formula is C19H15FN2O4. The number of ether oxygens (including phenoxy) is 1. The van der Waals surface area contributed by atoms with E-state index in [1.807, 2.05) is 0 Å². The van der Waals surface area contributed by atoms with Crippen molar-refractivity contribution in [2.75, 3.05) is 7.11 Å². The number of barbiturate groups is 1. The summed E-state index contributed by atoms with van der Waals surface area (Å²) in [5.41, 5.74) is 0.984. The van der Waals surface area contributed by atoms with Crippen molar-refractivity contribution in [2.45, 2.75) is 6.54 Å². The van der Waals surface area contributed by atoms with Crippen molar-refractivity contribution < 1.29 is 23.5 Å². The van der Waals surface area contributed by atoms with Crippen LogP contribution in [0.4, 0.5) is 9.18 Å². The summed E-state index contributed by atoms with van der Waals surface area (Å²) in [6.07, 6.45) is 1.32. The van der Waals surface area contributed by atoms with E-state index in [4.69, 9.17) is 4.74 Å². The number of benzene rings is 2. The van der Waals surface area contributed by atoms with Crippen molar-refractivity contribution in [3.05, 3.63) is 71.0 Å². The maximum Gasteiger partial charge on any atom is 0.331 e. The summed E-state index contributed by atoms with van der Waals surface area (Å²) in [5.74, 6) is -1.27. The Labute approximate surface area is 148 Å². The smallest absolute Gasteiger partial charge is 0.331 e. The van der Waals surface area contributed by atoms with Crippen LogP contribution in [0.2, 0.25) is 0 Å². The van der Waals surface area contributed by atoms with Gasteiger partial charge in [0, 0.05) is 0 Å². The molecule has 1 saturated heterocycles. The molecule has 0 saturated carbocycles. The number of rotatable bonds is 4. The fourth-order valence-corrected chi connectivity index (χ4v) is 2.48. The van der Waals surface area contributed by atoms with Crippen LogP contribution in [-0.2, 0) is 16.1 Å². The summed E-state index contributed by atoms with van der Waals surface area (Å²) in [6, 6.07) is 11.4. The van der Waals surface area contributed by atoms with Crippen LogP contribution in [0.3, 0.4) is 0 Å². The van der Waals surface area contributed by atoms with Gasteiger partial charge >= 0.3 is 6.03 Å². The van der Waals surface area contributed by atoms with E-state index in [0.717, 1.165) is 4.90 Å². The van der Waals surface area contributed by atoms with Gasteiger partial charge in [0.15, 0.2) is 0 Å². The highest BCUT2D eigenvalue weighted by atomic mass is 19.1. The van der Waals surface area contributed by atoms with Gasteiger partial charge < -0.3 is 4.74 Å². The van der Waals surface area contributed by atoms with Crippen LogP contribution in [0, 0.1) is 5.82 Å². The first kappa shape index (κ1) is 17.3. The lowest BCUT2D eigenvalue weighted by molar-refractivity contribution is -0.130. The Morgan fingerprint density at radius 3 is 2.31 bits per heavy atom. The number of nitrogens with one attached hydrogen (secondary N) is 1. The summed E-state index contributed by atoms with van der Waals surface area (Å²) in [6.45, 7) is 0.00268. The van der Waals surface area contributed by atoms with E-state index in [9.17, 15) is 18.8 Å². The van der Waals surface area contributed by atoms with Gasteiger partial charge in [0.2, 0.25) is 0 Å². The van der Waals surface area contributed by atoms with Crippen LogP contribution < -0.4 is 10.1 Å². The molecule has 0 aromatic heterocycles. The molecule has 4 amide bonds. The van der Waals surface area contributed by atoms with Gasteiger partial charge in [-0.1, -0.05) is 24.3 Å². The molecule has 1 heterocycles. The minimum absolute atomic E-state index is 0.00268. The van der Waals surface area contributed by atoms with Crippen molar-refractivity contribution in [1.82, 2.24) is 10.2 Å². The zero-order valence-electron chi connectivity index (χ0n) is 13.9. The highest BCUT2D eigenvalue weighted by Crippen LogP contribution is 2.18. The molecule has 3 rings (SSSR count). The highest BCUT2D eigenvalue weighted by molar-refractivity contribution is 6.30. The second kappa shape index (κ2) is 7.18. The summed E-state index contributed by atoms with van der Waals surface area (Å²) >= 11 is 0. The first-order valence-electron chi connectivity index (χ1n) is 7.75. The molecule has 6 nitrogen and oxygen atoms in total. The van der Waals surface area contributed by atoms with Crippen LogP contribution in [0.1, 0.15) is 11.1 Å². The van der Waals surface area contributed by atoms with E-state index in [1.165, 1.54) is 37.5 Å². The quantitative estimate of drug-likeness (QED) is 0.676. The van der Waals surface area contributed by atoms with Crippen molar-refractivity contribution in [2.24, 2.45) is 0 Å². The Morgan fingerprint density at radius 1 is 1.04 bits per heavy atom. The number of urea groups is 1. The molecule has 0 aliphatic carbocycles. The monoisotopic (exact) mass is 354 g/mol. The molecule has 0 radical (unpaired) electrons. The number of methoxy groups -OCH3 is 1. The number of hydrogen-bond acceptors (Lipinski definition) is 4. The van der Waals surface area contributed by atoms with E-state index in [-0.39, 0.29) is 12.1 Å². The Balaban J connectivity index is 1.86. The number of nitrogens with zero attached hydrogens (tertiary/aromatic N) is 1. The summed E-state index contributed by atoms with van der Waals surface area (Å²) in [7, 11) is 1.54. The number of amides is 4. The van der Waals surface area contributed by atoms with Gasteiger partial charge in [-0.25, -0.2) is 9.18 Å². The first-order chi connectivity index (χ1) is 12.5. The second-order valence-corrected chi connectivity index (χ2v) is 5.61. The van der Waals surface area contributed by atoms with E-state index in [1.54, 1.807) is 24.3 Å². The minimum atomic E-state index is -0.785. The third-order valence-electron chi connectivity index (χ3n) is 3.87. The number of carbonyl (C=O) groups excluding carboxylic acids is 3.